The largest absolute Gasteiger partial charge is 0.478 e. The molecule has 0 spiro atoms. The summed E-state index contributed by atoms with van der Waals surface area (Å²) in [5.74, 6) is 0.858. The standard InChI is InChI=1S/C27H28N4O2/c1-2-3-5-14-26-29-25(17-20-10-6-4-7-11-20)30-31(26)19-22-16-15-21(18-28-22)23-12-8-9-13-24(23)27(32)33/h4,6-13,15-16,18H,2-3,5,14,17,19H2,1H3,(H,32,33). The predicted molar refractivity (Wildman–Crippen MR) is 128 cm³/mol. The normalized spacial score (nSPS) is 10.9. The van der Waals surface area contributed by atoms with Crippen LogP contribution in [0.5, 0.6) is 0 Å². The van der Waals surface area contributed by atoms with Gasteiger partial charge in [-0.2, -0.15) is 5.10 Å². The molecular formula is C27H28N4O2. The molecule has 33 heavy (non-hydrogen) atoms. The van der Waals surface area contributed by atoms with Crippen molar-refractivity contribution in [2.45, 2.75) is 45.6 Å². The van der Waals surface area contributed by atoms with Gasteiger partial charge in [-0.3, -0.25) is 4.98 Å². The summed E-state index contributed by atoms with van der Waals surface area (Å²) in [4.78, 5) is 21.0. The number of carbonyl (C=O) groups is 1. The van der Waals surface area contributed by atoms with Crippen molar-refractivity contribution in [2.75, 3.05) is 0 Å². The number of hydrogen-bond acceptors (Lipinski definition) is 4. The van der Waals surface area contributed by atoms with Crippen molar-refractivity contribution in [1.29, 1.82) is 0 Å². The van der Waals surface area contributed by atoms with Crippen molar-refractivity contribution >= 4 is 5.97 Å². The first kappa shape index (κ1) is 22.4. The number of pyridine rings is 1. The third-order valence-electron chi connectivity index (χ3n) is 5.61. The zero-order valence-corrected chi connectivity index (χ0v) is 18.8. The summed E-state index contributed by atoms with van der Waals surface area (Å²) in [6.45, 7) is 2.73. The Morgan fingerprint density at radius 1 is 0.970 bits per heavy atom. The van der Waals surface area contributed by atoms with Gasteiger partial charge in [-0.05, 0) is 29.7 Å². The molecule has 0 bridgehead atoms. The minimum Gasteiger partial charge on any atom is -0.478 e. The van der Waals surface area contributed by atoms with E-state index in [0.29, 0.717) is 18.5 Å². The Morgan fingerprint density at radius 2 is 1.76 bits per heavy atom. The van der Waals surface area contributed by atoms with Gasteiger partial charge in [-0.1, -0.05) is 74.4 Å². The van der Waals surface area contributed by atoms with Crippen LogP contribution in [0, 0.1) is 0 Å². The van der Waals surface area contributed by atoms with Crippen LogP contribution in [-0.4, -0.2) is 30.8 Å². The Labute approximate surface area is 194 Å². The van der Waals surface area contributed by atoms with E-state index in [-0.39, 0.29) is 5.56 Å². The fraction of sp³-hybridized carbons (Fsp3) is 0.259. The number of aryl methyl sites for hydroxylation is 1. The zero-order valence-electron chi connectivity index (χ0n) is 18.8. The first-order chi connectivity index (χ1) is 16.1. The third kappa shape index (κ3) is 5.71. The van der Waals surface area contributed by atoms with Crippen LogP contribution in [0.1, 0.15) is 59.5 Å². The van der Waals surface area contributed by atoms with E-state index in [9.17, 15) is 9.90 Å². The van der Waals surface area contributed by atoms with E-state index in [2.05, 4.69) is 24.0 Å². The maximum Gasteiger partial charge on any atom is 0.336 e. The van der Waals surface area contributed by atoms with Crippen LogP contribution >= 0.6 is 0 Å². The quantitative estimate of drug-likeness (QED) is 0.334. The van der Waals surface area contributed by atoms with Crippen LogP contribution in [0.2, 0.25) is 0 Å². The highest BCUT2D eigenvalue weighted by atomic mass is 16.4. The predicted octanol–water partition coefficient (Wildman–Crippen LogP) is 5.41. The summed E-state index contributed by atoms with van der Waals surface area (Å²) < 4.78 is 1.96. The lowest BCUT2D eigenvalue weighted by Crippen LogP contribution is -2.09. The fourth-order valence-electron chi connectivity index (χ4n) is 3.88. The topological polar surface area (TPSA) is 80.9 Å². The van der Waals surface area contributed by atoms with E-state index in [0.717, 1.165) is 48.6 Å². The van der Waals surface area contributed by atoms with E-state index >= 15 is 0 Å². The van der Waals surface area contributed by atoms with Crippen molar-refractivity contribution in [3.8, 4) is 11.1 Å². The SMILES string of the molecule is CCCCCc1nc(Cc2ccccc2)nn1Cc1ccc(-c2ccccc2C(=O)O)cn1. The number of unbranched alkanes of at least 4 members (excludes halogenated alkanes) is 2. The van der Waals surface area contributed by atoms with Gasteiger partial charge in [-0.25, -0.2) is 14.5 Å². The van der Waals surface area contributed by atoms with E-state index < -0.39 is 5.97 Å². The first-order valence-corrected chi connectivity index (χ1v) is 11.4. The third-order valence-corrected chi connectivity index (χ3v) is 5.61. The molecule has 4 rings (SSSR count). The molecule has 0 atom stereocenters. The maximum atomic E-state index is 11.5. The van der Waals surface area contributed by atoms with Crippen molar-refractivity contribution in [3.63, 3.8) is 0 Å². The Morgan fingerprint density at radius 3 is 2.48 bits per heavy atom. The summed E-state index contributed by atoms with van der Waals surface area (Å²) in [7, 11) is 0. The number of hydrogen-bond donors (Lipinski definition) is 1. The Balaban J connectivity index is 1.55. The van der Waals surface area contributed by atoms with Crippen molar-refractivity contribution in [3.05, 3.63) is 101 Å². The van der Waals surface area contributed by atoms with E-state index in [4.69, 9.17) is 10.1 Å². The molecule has 0 radical (unpaired) electrons. The van der Waals surface area contributed by atoms with E-state index in [1.165, 1.54) is 5.56 Å². The second-order valence-electron chi connectivity index (χ2n) is 8.11. The lowest BCUT2D eigenvalue weighted by atomic mass is 10.0. The number of carboxylic acid groups (broad SMARTS) is 1. The number of aromatic carboxylic acids is 1. The molecular weight excluding hydrogens is 412 g/mol. The van der Waals surface area contributed by atoms with E-state index in [1.807, 2.05) is 41.1 Å². The number of carboxylic acids is 1. The number of rotatable bonds is 10. The van der Waals surface area contributed by atoms with Crippen LogP contribution in [0.3, 0.4) is 0 Å². The minimum absolute atomic E-state index is 0.270. The average molecular weight is 441 g/mol. The number of benzene rings is 2. The molecule has 2 aromatic carbocycles. The van der Waals surface area contributed by atoms with Crippen molar-refractivity contribution in [2.24, 2.45) is 0 Å². The van der Waals surface area contributed by atoms with Gasteiger partial charge in [0.25, 0.3) is 0 Å². The fourth-order valence-corrected chi connectivity index (χ4v) is 3.88. The second kappa shape index (κ2) is 10.7. The van der Waals surface area contributed by atoms with Gasteiger partial charge in [0, 0.05) is 24.6 Å². The summed E-state index contributed by atoms with van der Waals surface area (Å²) in [5, 5.41) is 14.2. The molecule has 0 saturated heterocycles. The van der Waals surface area contributed by atoms with Gasteiger partial charge in [0.05, 0.1) is 17.8 Å². The first-order valence-electron chi connectivity index (χ1n) is 11.4. The molecule has 0 aliphatic rings. The smallest absolute Gasteiger partial charge is 0.336 e. The summed E-state index contributed by atoms with van der Waals surface area (Å²) >= 11 is 0. The molecule has 0 aliphatic carbocycles. The molecule has 0 unspecified atom stereocenters. The summed E-state index contributed by atoms with van der Waals surface area (Å²) in [5.41, 5.74) is 3.76. The molecule has 6 nitrogen and oxygen atoms in total. The average Bonchev–Trinajstić information content (AvgIpc) is 3.21. The lowest BCUT2D eigenvalue weighted by molar-refractivity contribution is 0.0697. The molecule has 0 aliphatic heterocycles. The molecule has 2 heterocycles. The van der Waals surface area contributed by atoms with Crippen LogP contribution in [0.4, 0.5) is 0 Å². The molecule has 6 heteroatoms. The van der Waals surface area contributed by atoms with Crippen molar-refractivity contribution in [1.82, 2.24) is 19.7 Å². The second-order valence-corrected chi connectivity index (χ2v) is 8.11. The lowest BCUT2D eigenvalue weighted by Gasteiger charge is -2.08. The molecule has 2 aromatic heterocycles. The zero-order chi connectivity index (χ0) is 23.0. The van der Waals surface area contributed by atoms with Gasteiger partial charge >= 0.3 is 5.97 Å². The minimum atomic E-state index is -0.944. The molecule has 1 N–H and O–H groups in total. The van der Waals surface area contributed by atoms with Crippen LogP contribution in [-0.2, 0) is 19.4 Å². The van der Waals surface area contributed by atoms with Crippen molar-refractivity contribution < 1.29 is 9.90 Å². The highest BCUT2D eigenvalue weighted by Crippen LogP contribution is 2.23. The molecule has 0 fully saturated rings. The van der Waals surface area contributed by atoms with Gasteiger partial charge in [0.1, 0.15) is 5.82 Å². The maximum absolute atomic E-state index is 11.5. The Hall–Kier alpha value is -3.80. The van der Waals surface area contributed by atoms with Gasteiger partial charge in [0.2, 0.25) is 0 Å². The van der Waals surface area contributed by atoms with Gasteiger partial charge in [-0.15, -0.1) is 0 Å². The Kier molecular flexibility index (Phi) is 7.25. The molecule has 4 aromatic rings. The van der Waals surface area contributed by atoms with E-state index in [1.54, 1.807) is 24.4 Å². The van der Waals surface area contributed by atoms with Crippen LogP contribution < -0.4 is 0 Å². The van der Waals surface area contributed by atoms with Gasteiger partial charge < -0.3 is 5.11 Å². The van der Waals surface area contributed by atoms with Crippen LogP contribution in [0.25, 0.3) is 11.1 Å². The number of nitrogens with zero attached hydrogens (tertiary/aromatic N) is 4. The highest BCUT2D eigenvalue weighted by molar-refractivity contribution is 5.95. The summed E-state index contributed by atoms with van der Waals surface area (Å²) in [6, 6.07) is 21.1. The molecule has 0 saturated carbocycles. The molecule has 0 amide bonds. The Bertz CT molecular complexity index is 1200. The molecule has 168 valence electrons. The van der Waals surface area contributed by atoms with Gasteiger partial charge in [0.15, 0.2) is 5.82 Å². The van der Waals surface area contributed by atoms with Crippen LogP contribution in [0.15, 0.2) is 72.9 Å². The number of aromatic nitrogens is 4. The highest BCUT2D eigenvalue weighted by Gasteiger charge is 2.13. The monoisotopic (exact) mass is 440 g/mol. The summed E-state index contributed by atoms with van der Waals surface area (Å²) in [6.07, 6.45) is 6.73.